The van der Waals surface area contributed by atoms with Gasteiger partial charge in [0.25, 0.3) is 0 Å². The monoisotopic (exact) mass is 256 g/mol. The zero-order chi connectivity index (χ0) is 12.5. The third-order valence-electron chi connectivity index (χ3n) is 3.01. The van der Waals surface area contributed by atoms with Crippen molar-refractivity contribution in [1.29, 1.82) is 0 Å². The molecule has 0 spiro atoms. The lowest BCUT2D eigenvalue weighted by atomic mass is 10.0. The first kappa shape index (κ1) is 12.3. The molecule has 5 nitrogen and oxygen atoms in total. The van der Waals surface area contributed by atoms with E-state index >= 15 is 0 Å². The molecular formula is C11H16N2O3S. The Bertz CT molecular complexity index is 519. The molecule has 6 heteroatoms. The molecule has 94 valence electrons. The first-order valence-electron chi connectivity index (χ1n) is 5.80. The Labute approximate surface area is 101 Å². The van der Waals surface area contributed by atoms with Crippen LogP contribution in [0.2, 0.25) is 0 Å². The van der Waals surface area contributed by atoms with Crippen molar-refractivity contribution >= 4 is 15.6 Å². The summed E-state index contributed by atoms with van der Waals surface area (Å²) < 4.78 is 24.4. The van der Waals surface area contributed by atoms with Crippen LogP contribution in [-0.2, 0) is 16.4 Å². The van der Waals surface area contributed by atoms with Crippen LogP contribution < -0.4 is 0 Å². The highest BCUT2D eigenvalue weighted by Gasteiger charge is 2.34. The zero-order valence-electron chi connectivity index (χ0n) is 9.80. The summed E-state index contributed by atoms with van der Waals surface area (Å²) in [7, 11) is -3.01. The lowest BCUT2D eigenvalue weighted by molar-refractivity contribution is 0.0922. The van der Waals surface area contributed by atoms with Crippen LogP contribution in [0.25, 0.3) is 0 Å². The number of carbonyl (C=O) groups is 1. The van der Waals surface area contributed by atoms with E-state index in [2.05, 4.69) is 5.10 Å². The van der Waals surface area contributed by atoms with E-state index in [0.717, 1.165) is 6.42 Å². The third kappa shape index (κ3) is 2.57. The summed E-state index contributed by atoms with van der Waals surface area (Å²) in [5.41, 5.74) is 0.536. The average molecular weight is 256 g/mol. The normalized spacial score (nSPS) is 22.8. The SMILES string of the molecule is CCCn1nccc1C(=O)C1CCS(=O)(=O)C1. The van der Waals surface area contributed by atoms with Crippen molar-refractivity contribution < 1.29 is 13.2 Å². The summed E-state index contributed by atoms with van der Waals surface area (Å²) in [5.74, 6) is -0.349. The van der Waals surface area contributed by atoms with Gasteiger partial charge in [-0.25, -0.2) is 8.42 Å². The van der Waals surface area contributed by atoms with E-state index in [-0.39, 0.29) is 23.2 Å². The maximum Gasteiger partial charge on any atom is 0.184 e. The second-order valence-corrected chi connectivity index (χ2v) is 6.63. The highest BCUT2D eigenvalue weighted by Crippen LogP contribution is 2.22. The van der Waals surface area contributed by atoms with Gasteiger partial charge >= 0.3 is 0 Å². The number of carbonyl (C=O) groups excluding carboxylic acids is 1. The van der Waals surface area contributed by atoms with Gasteiger partial charge in [0.05, 0.1) is 11.5 Å². The van der Waals surface area contributed by atoms with Gasteiger partial charge in [-0.1, -0.05) is 6.92 Å². The summed E-state index contributed by atoms with van der Waals surface area (Å²) in [6.45, 7) is 2.70. The molecule has 1 aliphatic rings. The maximum atomic E-state index is 12.2. The molecule has 0 amide bonds. The van der Waals surface area contributed by atoms with E-state index < -0.39 is 9.84 Å². The fourth-order valence-electron chi connectivity index (χ4n) is 2.14. The molecule has 1 unspecified atom stereocenters. The van der Waals surface area contributed by atoms with E-state index in [1.165, 1.54) is 0 Å². The van der Waals surface area contributed by atoms with Crippen LogP contribution in [0.5, 0.6) is 0 Å². The molecule has 17 heavy (non-hydrogen) atoms. The number of aryl methyl sites for hydroxylation is 1. The molecule has 0 aliphatic carbocycles. The minimum atomic E-state index is -3.01. The first-order chi connectivity index (χ1) is 8.03. The van der Waals surface area contributed by atoms with Gasteiger partial charge in [-0.2, -0.15) is 5.10 Å². The van der Waals surface area contributed by atoms with Crippen molar-refractivity contribution in [3.63, 3.8) is 0 Å². The molecule has 1 fully saturated rings. The second kappa shape index (κ2) is 4.60. The zero-order valence-corrected chi connectivity index (χ0v) is 10.6. The highest BCUT2D eigenvalue weighted by molar-refractivity contribution is 7.91. The molecule has 1 aromatic rings. The van der Waals surface area contributed by atoms with E-state index in [0.29, 0.717) is 18.7 Å². The largest absolute Gasteiger partial charge is 0.292 e. The Morgan fingerprint density at radius 3 is 2.94 bits per heavy atom. The van der Waals surface area contributed by atoms with Gasteiger partial charge in [0, 0.05) is 18.7 Å². The average Bonchev–Trinajstić information content (AvgIpc) is 2.84. The van der Waals surface area contributed by atoms with Crippen molar-refractivity contribution in [1.82, 2.24) is 9.78 Å². The van der Waals surface area contributed by atoms with E-state index in [1.54, 1.807) is 16.9 Å². The Hall–Kier alpha value is -1.17. The molecule has 1 saturated heterocycles. The molecule has 1 aliphatic heterocycles. The van der Waals surface area contributed by atoms with Gasteiger partial charge in [0.1, 0.15) is 5.69 Å². The van der Waals surface area contributed by atoms with Crippen LogP contribution in [0.4, 0.5) is 0 Å². The predicted molar refractivity (Wildman–Crippen MR) is 63.6 cm³/mol. The van der Waals surface area contributed by atoms with E-state index in [4.69, 9.17) is 0 Å². The Balaban J connectivity index is 2.17. The third-order valence-corrected chi connectivity index (χ3v) is 4.78. The van der Waals surface area contributed by atoms with Crippen molar-refractivity contribution in [3.05, 3.63) is 18.0 Å². The van der Waals surface area contributed by atoms with E-state index in [9.17, 15) is 13.2 Å². The van der Waals surface area contributed by atoms with Gasteiger partial charge in [-0.05, 0) is 18.9 Å². The molecule has 0 saturated carbocycles. The fraction of sp³-hybridized carbons (Fsp3) is 0.636. The second-order valence-electron chi connectivity index (χ2n) is 4.40. The fourth-order valence-corrected chi connectivity index (χ4v) is 3.88. The predicted octanol–water partition coefficient (Wildman–Crippen LogP) is 0.911. The Morgan fingerprint density at radius 1 is 1.59 bits per heavy atom. The van der Waals surface area contributed by atoms with Crippen molar-refractivity contribution in [2.24, 2.45) is 5.92 Å². The first-order valence-corrected chi connectivity index (χ1v) is 7.62. The van der Waals surface area contributed by atoms with Crippen LogP contribution in [0.3, 0.4) is 0 Å². The molecule has 0 bridgehead atoms. The van der Waals surface area contributed by atoms with Crippen LogP contribution >= 0.6 is 0 Å². The smallest absolute Gasteiger partial charge is 0.184 e. The molecule has 2 heterocycles. The van der Waals surface area contributed by atoms with Gasteiger partial charge in [-0.15, -0.1) is 0 Å². The number of Topliss-reactive ketones (excluding diaryl/α,β-unsaturated/α-hetero) is 1. The summed E-state index contributed by atoms with van der Waals surface area (Å²) in [4.78, 5) is 12.2. The molecule has 1 atom stereocenters. The summed E-state index contributed by atoms with van der Waals surface area (Å²) in [6, 6.07) is 1.67. The van der Waals surface area contributed by atoms with Crippen molar-refractivity contribution in [2.45, 2.75) is 26.3 Å². The molecule has 1 aromatic heterocycles. The maximum absolute atomic E-state index is 12.2. The number of nitrogens with zero attached hydrogens (tertiary/aromatic N) is 2. The molecule has 0 N–H and O–H groups in total. The molecule has 0 aromatic carbocycles. The molecule has 0 radical (unpaired) electrons. The van der Waals surface area contributed by atoms with Crippen LogP contribution in [0.15, 0.2) is 12.3 Å². The number of hydrogen-bond donors (Lipinski definition) is 0. The Morgan fingerprint density at radius 2 is 2.35 bits per heavy atom. The Kier molecular flexibility index (Phi) is 3.33. The molecular weight excluding hydrogens is 240 g/mol. The number of hydrogen-bond acceptors (Lipinski definition) is 4. The summed E-state index contributed by atoms with van der Waals surface area (Å²) in [6.07, 6.45) is 2.93. The number of rotatable bonds is 4. The van der Waals surface area contributed by atoms with Gasteiger partial charge in [0.15, 0.2) is 15.6 Å². The van der Waals surface area contributed by atoms with Crippen molar-refractivity contribution in [3.8, 4) is 0 Å². The number of sulfone groups is 1. The minimum Gasteiger partial charge on any atom is -0.292 e. The van der Waals surface area contributed by atoms with E-state index in [1.807, 2.05) is 6.92 Å². The molecule has 2 rings (SSSR count). The van der Waals surface area contributed by atoms with Crippen LogP contribution in [0, 0.1) is 5.92 Å². The van der Waals surface area contributed by atoms with Gasteiger partial charge in [0.2, 0.25) is 0 Å². The number of ketones is 1. The topological polar surface area (TPSA) is 69.0 Å². The summed E-state index contributed by atoms with van der Waals surface area (Å²) in [5, 5.41) is 4.08. The summed E-state index contributed by atoms with van der Waals surface area (Å²) >= 11 is 0. The number of aromatic nitrogens is 2. The van der Waals surface area contributed by atoms with Gasteiger partial charge < -0.3 is 0 Å². The minimum absolute atomic E-state index is 0.0108. The standard InChI is InChI=1S/C11H16N2O3S/c1-2-6-13-10(3-5-12-13)11(14)9-4-7-17(15,16)8-9/h3,5,9H,2,4,6-8H2,1H3. The van der Waals surface area contributed by atoms with Crippen LogP contribution in [-0.4, -0.2) is 35.5 Å². The van der Waals surface area contributed by atoms with Gasteiger partial charge in [-0.3, -0.25) is 9.48 Å². The highest BCUT2D eigenvalue weighted by atomic mass is 32.2. The van der Waals surface area contributed by atoms with Crippen molar-refractivity contribution in [2.75, 3.05) is 11.5 Å². The quantitative estimate of drug-likeness (QED) is 0.751. The van der Waals surface area contributed by atoms with Crippen LogP contribution in [0.1, 0.15) is 30.3 Å². The lowest BCUT2D eigenvalue weighted by Gasteiger charge is -2.08. The lowest BCUT2D eigenvalue weighted by Crippen LogP contribution is -2.20.